The van der Waals surface area contributed by atoms with Gasteiger partial charge in [0.1, 0.15) is 6.54 Å². The predicted octanol–water partition coefficient (Wildman–Crippen LogP) is 2.43. The van der Waals surface area contributed by atoms with Crippen LogP contribution in [0.3, 0.4) is 0 Å². The van der Waals surface area contributed by atoms with Crippen molar-refractivity contribution in [3.8, 4) is 0 Å². The molecule has 0 bridgehead atoms. The molecule has 136 valence electrons. The maximum Gasteiger partial charge on any atom is 0.323 e. The third kappa shape index (κ3) is 5.59. The van der Waals surface area contributed by atoms with Crippen molar-refractivity contribution in [2.24, 2.45) is 5.92 Å². The number of benzene rings is 1. The molecule has 0 unspecified atom stereocenters. The van der Waals surface area contributed by atoms with Gasteiger partial charge in [0.25, 0.3) is 5.91 Å². The SMILES string of the molecule is CCCN(CC(=O)O)C(=O)c1ccc(CNC(=O)C2CCCC2)cc1. The molecule has 1 aliphatic rings. The molecule has 1 fully saturated rings. The van der Waals surface area contributed by atoms with Crippen LogP contribution in [-0.2, 0) is 16.1 Å². The van der Waals surface area contributed by atoms with Gasteiger partial charge in [0, 0.05) is 24.6 Å². The molecule has 0 aromatic heterocycles. The molecule has 2 N–H and O–H groups in total. The average Bonchev–Trinajstić information content (AvgIpc) is 3.13. The molecular weight excluding hydrogens is 320 g/mol. The Morgan fingerprint density at radius 2 is 1.80 bits per heavy atom. The van der Waals surface area contributed by atoms with Gasteiger partial charge < -0.3 is 15.3 Å². The summed E-state index contributed by atoms with van der Waals surface area (Å²) >= 11 is 0. The van der Waals surface area contributed by atoms with E-state index in [1.807, 2.05) is 6.92 Å². The molecule has 0 spiro atoms. The highest BCUT2D eigenvalue weighted by atomic mass is 16.4. The number of aliphatic carboxylic acids is 1. The minimum absolute atomic E-state index is 0.105. The first-order valence-electron chi connectivity index (χ1n) is 8.89. The first-order valence-corrected chi connectivity index (χ1v) is 8.89. The van der Waals surface area contributed by atoms with Crippen LogP contribution in [0, 0.1) is 5.92 Å². The Morgan fingerprint density at radius 1 is 1.16 bits per heavy atom. The molecule has 0 radical (unpaired) electrons. The number of carboxylic acid groups (broad SMARTS) is 1. The lowest BCUT2D eigenvalue weighted by molar-refractivity contribution is -0.137. The summed E-state index contributed by atoms with van der Waals surface area (Å²) in [7, 11) is 0. The third-order valence-electron chi connectivity index (χ3n) is 4.50. The number of hydrogen-bond donors (Lipinski definition) is 2. The zero-order valence-electron chi connectivity index (χ0n) is 14.7. The smallest absolute Gasteiger partial charge is 0.323 e. The van der Waals surface area contributed by atoms with Gasteiger partial charge in [-0.2, -0.15) is 0 Å². The van der Waals surface area contributed by atoms with E-state index in [0.29, 0.717) is 25.1 Å². The highest BCUT2D eigenvalue weighted by Gasteiger charge is 2.22. The second-order valence-electron chi connectivity index (χ2n) is 6.52. The van der Waals surface area contributed by atoms with Crippen LogP contribution in [0.2, 0.25) is 0 Å². The summed E-state index contributed by atoms with van der Waals surface area (Å²) in [6.07, 6.45) is 4.88. The fraction of sp³-hybridized carbons (Fsp3) is 0.526. The molecule has 1 aromatic carbocycles. The Hall–Kier alpha value is -2.37. The fourth-order valence-corrected chi connectivity index (χ4v) is 3.15. The van der Waals surface area contributed by atoms with Crippen molar-refractivity contribution in [2.75, 3.05) is 13.1 Å². The van der Waals surface area contributed by atoms with E-state index in [1.54, 1.807) is 24.3 Å². The van der Waals surface area contributed by atoms with E-state index < -0.39 is 5.97 Å². The first-order chi connectivity index (χ1) is 12.0. The molecular formula is C19H26N2O4. The van der Waals surface area contributed by atoms with Crippen LogP contribution in [0.25, 0.3) is 0 Å². The van der Waals surface area contributed by atoms with Gasteiger partial charge >= 0.3 is 5.97 Å². The maximum atomic E-state index is 12.4. The number of nitrogens with zero attached hydrogens (tertiary/aromatic N) is 1. The van der Waals surface area contributed by atoms with Crippen molar-refractivity contribution in [3.63, 3.8) is 0 Å². The molecule has 0 atom stereocenters. The topological polar surface area (TPSA) is 86.7 Å². The van der Waals surface area contributed by atoms with Gasteiger partial charge in [-0.25, -0.2) is 0 Å². The van der Waals surface area contributed by atoms with E-state index in [9.17, 15) is 14.4 Å². The second kappa shape index (κ2) is 9.20. The largest absolute Gasteiger partial charge is 0.480 e. The molecule has 0 saturated heterocycles. The highest BCUT2D eigenvalue weighted by molar-refractivity contribution is 5.95. The van der Waals surface area contributed by atoms with Gasteiger partial charge in [0.05, 0.1) is 0 Å². The van der Waals surface area contributed by atoms with Crippen LogP contribution >= 0.6 is 0 Å². The standard InChI is InChI=1S/C19H26N2O4/c1-2-11-21(13-17(22)23)19(25)16-9-7-14(8-10-16)12-20-18(24)15-5-3-4-6-15/h7-10,15H,2-6,11-13H2,1H3,(H,20,24)(H,22,23). The minimum atomic E-state index is -1.02. The summed E-state index contributed by atoms with van der Waals surface area (Å²) in [5, 5.41) is 11.9. The fourth-order valence-electron chi connectivity index (χ4n) is 3.15. The highest BCUT2D eigenvalue weighted by Crippen LogP contribution is 2.24. The average molecular weight is 346 g/mol. The summed E-state index contributed by atoms with van der Waals surface area (Å²) in [5.74, 6) is -1.06. The lowest BCUT2D eigenvalue weighted by Gasteiger charge is -2.20. The van der Waals surface area contributed by atoms with Crippen LogP contribution in [0.15, 0.2) is 24.3 Å². The number of carbonyl (C=O) groups is 3. The van der Waals surface area contributed by atoms with Crippen molar-refractivity contribution < 1.29 is 19.5 Å². The van der Waals surface area contributed by atoms with Gasteiger partial charge in [0.2, 0.25) is 5.91 Å². The summed E-state index contributed by atoms with van der Waals surface area (Å²) < 4.78 is 0. The number of amides is 2. The number of nitrogens with one attached hydrogen (secondary N) is 1. The Labute approximate surface area is 148 Å². The van der Waals surface area contributed by atoms with E-state index >= 15 is 0 Å². The van der Waals surface area contributed by atoms with Gasteiger partial charge in [0.15, 0.2) is 0 Å². The molecule has 1 aromatic rings. The molecule has 1 saturated carbocycles. The minimum Gasteiger partial charge on any atom is -0.480 e. The van der Waals surface area contributed by atoms with Crippen LogP contribution < -0.4 is 5.32 Å². The lowest BCUT2D eigenvalue weighted by Crippen LogP contribution is -2.36. The summed E-state index contributed by atoms with van der Waals surface area (Å²) in [6, 6.07) is 6.97. The molecule has 6 nitrogen and oxygen atoms in total. The normalized spacial score (nSPS) is 14.3. The van der Waals surface area contributed by atoms with Crippen LogP contribution in [-0.4, -0.2) is 40.9 Å². The molecule has 2 rings (SSSR count). The van der Waals surface area contributed by atoms with E-state index in [1.165, 1.54) is 4.90 Å². The number of rotatable bonds is 8. The number of carboxylic acids is 1. The molecule has 0 aliphatic heterocycles. The molecule has 25 heavy (non-hydrogen) atoms. The van der Waals surface area contributed by atoms with Gasteiger partial charge in [-0.05, 0) is 37.0 Å². The molecule has 2 amide bonds. The van der Waals surface area contributed by atoms with Crippen molar-refractivity contribution in [3.05, 3.63) is 35.4 Å². The van der Waals surface area contributed by atoms with Gasteiger partial charge in [-0.1, -0.05) is 31.9 Å². The molecule has 6 heteroatoms. The Morgan fingerprint density at radius 3 is 2.36 bits per heavy atom. The predicted molar refractivity (Wildman–Crippen MR) is 94.1 cm³/mol. The molecule has 1 aliphatic carbocycles. The Bertz CT molecular complexity index is 606. The van der Waals surface area contributed by atoms with Gasteiger partial charge in [-0.3, -0.25) is 14.4 Å². The van der Waals surface area contributed by atoms with E-state index in [4.69, 9.17) is 5.11 Å². The quantitative estimate of drug-likeness (QED) is 0.757. The van der Waals surface area contributed by atoms with Crippen LogP contribution in [0.1, 0.15) is 54.9 Å². The van der Waals surface area contributed by atoms with E-state index in [-0.39, 0.29) is 24.3 Å². The third-order valence-corrected chi connectivity index (χ3v) is 4.50. The Kier molecular flexibility index (Phi) is 6.98. The van der Waals surface area contributed by atoms with E-state index in [2.05, 4.69) is 5.32 Å². The number of carbonyl (C=O) groups excluding carboxylic acids is 2. The summed E-state index contributed by atoms with van der Waals surface area (Å²) in [6.45, 7) is 2.45. The van der Waals surface area contributed by atoms with Crippen LogP contribution in [0.5, 0.6) is 0 Å². The zero-order valence-corrected chi connectivity index (χ0v) is 14.7. The van der Waals surface area contributed by atoms with Crippen molar-refractivity contribution in [2.45, 2.75) is 45.6 Å². The molecule has 0 heterocycles. The van der Waals surface area contributed by atoms with E-state index in [0.717, 1.165) is 31.2 Å². The second-order valence-corrected chi connectivity index (χ2v) is 6.52. The maximum absolute atomic E-state index is 12.4. The first kappa shape index (κ1) is 19.0. The van der Waals surface area contributed by atoms with Crippen molar-refractivity contribution in [1.82, 2.24) is 10.2 Å². The lowest BCUT2D eigenvalue weighted by atomic mass is 10.1. The monoisotopic (exact) mass is 346 g/mol. The Balaban J connectivity index is 1.92. The zero-order chi connectivity index (χ0) is 18.2. The van der Waals surface area contributed by atoms with Crippen molar-refractivity contribution in [1.29, 1.82) is 0 Å². The van der Waals surface area contributed by atoms with Crippen LogP contribution in [0.4, 0.5) is 0 Å². The summed E-state index contributed by atoms with van der Waals surface area (Å²) in [4.78, 5) is 36.7. The summed E-state index contributed by atoms with van der Waals surface area (Å²) in [5.41, 5.74) is 1.38. The number of hydrogen-bond acceptors (Lipinski definition) is 3. The van der Waals surface area contributed by atoms with Crippen molar-refractivity contribution >= 4 is 17.8 Å². The van der Waals surface area contributed by atoms with Gasteiger partial charge in [-0.15, -0.1) is 0 Å².